The van der Waals surface area contributed by atoms with Crippen molar-refractivity contribution in [1.29, 1.82) is 0 Å². The van der Waals surface area contributed by atoms with E-state index >= 15 is 0 Å². The maximum atomic E-state index is 12.9. The summed E-state index contributed by atoms with van der Waals surface area (Å²) in [6.45, 7) is 9.19. The summed E-state index contributed by atoms with van der Waals surface area (Å²) in [5, 5.41) is 35.0. The summed E-state index contributed by atoms with van der Waals surface area (Å²) >= 11 is 0. The monoisotopic (exact) mass is 446 g/mol. The SMILES string of the molecule is CC[C@@]1(OC(=O)C(C)(C)C)CC[C@]2(O)[C@]1(C)CC[C@@H]1[C@@]3(CO)CCC(=O)C=C3C=C[C@]12O. The number of fused-ring (bicyclic) bond motifs is 5. The molecule has 0 aromatic heterocycles. The molecule has 6 heteroatoms. The lowest BCUT2D eigenvalue weighted by atomic mass is 9.44. The number of rotatable bonds is 3. The van der Waals surface area contributed by atoms with E-state index in [1.807, 2.05) is 34.6 Å². The summed E-state index contributed by atoms with van der Waals surface area (Å²) in [6, 6.07) is 0. The van der Waals surface area contributed by atoms with Gasteiger partial charge in [-0.05, 0) is 77.0 Å². The Kier molecular flexibility index (Phi) is 5.17. The van der Waals surface area contributed by atoms with Crippen molar-refractivity contribution >= 4 is 11.8 Å². The third kappa shape index (κ3) is 2.69. The molecule has 6 nitrogen and oxygen atoms in total. The van der Waals surface area contributed by atoms with Crippen LogP contribution in [0.15, 0.2) is 23.8 Å². The molecule has 0 unspecified atom stereocenters. The molecular formula is C26H38O6. The number of ether oxygens (including phenoxy) is 1. The largest absolute Gasteiger partial charge is 0.458 e. The van der Waals surface area contributed by atoms with Crippen LogP contribution in [0.25, 0.3) is 0 Å². The van der Waals surface area contributed by atoms with E-state index in [-0.39, 0.29) is 18.4 Å². The molecule has 6 atom stereocenters. The van der Waals surface area contributed by atoms with Gasteiger partial charge in [0, 0.05) is 23.2 Å². The second-order valence-electron chi connectivity index (χ2n) is 11.8. The van der Waals surface area contributed by atoms with E-state index in [1.54, 1.807) is 18.2 Å². The van der Waals surface area contributed by atoms with Gasteiger partial charge in [-0.15, -0.1) is 0 Å². The van der Waals surface area contributed by atoms with Crippen LogP contribution in [0.4, 0.5) is 0 Å². The molecule has 4 aliphatic rings. The molecule has 0 aromatic carbocycles. The number of esters is 1. The van der Waals surface area contributed by atoms with Crippen LogP contribution in [0.3, 0.4) is 0 Å². The first-order valence-electron chi connectivity index (χ1n) is 12.0. The van der Waals surface area contributed by atoms with Crippen molar-refractivity contribution in [2.75, 3.05) is 6.61 Å². The van der Waals surface area contributed by atoms with Crippen LogP contribution in [0.1, 0.15) is 79.6 Å². The van der Waals surface area contributed by atoms with Crippen molar-refractivity contribution in [3.63, 3.8) is 0 Å². The smallest absolute Gasteiger partial charge is 0.311 e. The molecule has 2 fully saturated rings. The Hall–Kier alpha value is -1.50. The number of carbonyl (C=O) groups excluding carboxylic acids is 2. The topological polar surface area (TPSA) is 104 Å². The minimum Gasteiger partial charge on any atom is -0.458 e. The number of hydrogen-bond acceptors (Lipinski definition) is 6. The van der Waals surface area contributed by atoms with E-state index in [1.165, 1.54) is 0 Å². The first-order valence-corrected chi connectivity index (χ1v) is 12.0. The molecule has 4 rings (SSSR count). The molecular weight excluding hydrogens is 408 g/mol. The number of aliphatic hydroxyl groups is 3. The lowest BCUT2D eigenvalue weighted by molar-refractivity contribution is -0.276. The molecule has 0 bridgehead atoms. The summed E-state index contributed by atoms with van der Waals surface area (Å²) in [5.41, 5.74) is -5.54. The number of aliphatic hydroxyl groups excluding tert-OH is 1. The van der Waals surface area contributed by atoms with Gasteiger partial charge in [-0.2, -0.15) is 0 Å². The van der Waals surface area contributed by atoms with Gasteiger partial charge in [0.2, 0.25) is 0 Å². The summed E-state index contributed by atoms with van der Waals surface area (Å²) in [6.07, 6.45) is 8.15. The molecule has 0 saturated heterocycles. The molecule has 2 saturated carbocycles. The van der Waals surface area contributed by atoms with Crippen molar-refractivity contribution in [3.05, 3.63) is 23.8 Å². The summed E-state index contributed by atoms with van der Waals surface area (Å²) < 4.78 is 6.21. The predicted molar refractivity (Wildman–Crippen MR) is 120 cm³/mol. The number of carbonyl (C=O) groups is 2. The van der Waals surface area contributed by atoms with Gasteiger partial charge in [0.1, 0.15) is 16.8 Å². The molecule has 0 amide bonds. The second-order valence-corrected chi connectivity index (χ2v) is 11.8. The first-order chi connectivity index (χ1) is 14.8. The van der Waals surface area contributed by atoms with Crippen LogP contribution in [0, 0.1) is 22.2 Å². The molecule has 32 heavy (non-hydrogen) atoms. The summed E-state index contributed by atoms with van der Waals surface area (Å²) in [4.78, 5) is 25.0. The van der Waals surface area contributed by atoms with Crippen molar-refractivity contribution in [1.82, 2.24) is 0 Å². The fourth-order valence-corrected chi connectivity index (χ4v) is 7.38. The van der Waals surface area contributed by atoms with Crippen molar-refractivity contribution in [2.45, 2.75) is 96.4 Å². The fraction of sp³-hybridized carbons (Fsp3) is 0.769. The van der Waals surface area contributed by atoms with Gasteiger partial charge in [0.05, 0.1) is 12.0 Å². The maximum absolute atomic E-state index is 12.9. The van der Waals surface area contributed by atoms with E-state index in [4.69, 9.17) is 4.74 Å². The third-order valence-electron chi connectivity index (χ3n) is 9.58. The minimum atomic E-state index is -1.59. The molecule has 0 aromatic rings. The molecule has 0 spiro atoms. The molecule has 178 valence electrons. The normalized spacial score (nSPS) is 45.6. The molecule has 4 aliphatic carbocycles. The number of hydrogen-bond donors (Lipinski definition) is 3. The third-order valence-corrected chi connectivity index (χ3v) is 9.58. The van der Waals surface area contributed by atoms with E-state index in [0.29, 0.717) is 44.9 Å². The summed E-state index contributed by atoms with van der Waals surface area (Å²) in [5.74, 6) is -0.701. The minimum absolute atomic E-state index is 0.0264. The van der Waals surface area contributed by atoms with Crippen LogP contribution in [0.2, 0.25) is 0 Å². The van der Waals surface area contributed by atoms with Crippen LogP contribution >= 0.6 is 0 Å². The lowest BCUT2D eigenvalue weighted by Crippen LogP contribution is -2.73. The highest BCUT2D eigenvalue weighted by Gasteiger charge is 2.77. The van der Waals surface area contributed by atoms with E-state index in [2.05, 4.69) is 0 Å². The van der Waals surface area contributed by atoms with Crippen LogP contribution in [-0.2, 0) is 14.3 Å². The van der Waals surface area contributed by atoms with Crippen molar-refractivity contribution in [2.24, 2.45) is 22.2 Å². The van der Waals surface area contributed by atoms with Crippen molar-refractivity contribution in [3.8, 4) is 0 Å². The van der Waals surface area contributed by atoms with Gasteiger partial charge >= 0.3 is 5.97 Å². The van der Waals surface area contributed by atoms with Gasteiger partial charge in [0.15, 0.2) is 5.78 Å². The van der Waals surface area contributed by atoms with Crippen LogP contribution in [0.5, 0.6) is 0 Å². The van der Waals surface area contributed by atoms with Crippen molar-refractivity contribution < 1.29 is 29.6 Å². The quantitative estimate of drug-likeness (QED) is 0.575. The highest BCUT2D eigenvalue weighted by molar-refractivity contribution is 5.92. The zero-order chi connectivity index (χ0) is 23.8. The lowest BCUT2D eigenvalue weighted by Gasteiger charge is -2.64. The Morgan fingerprint density at radius 3 is 2.47 bits per heavy atom. The first kappa shape index (κ1) is 23.7. The molecule has 0 radical (unpaired) electrons. The zero-order valence-corrected chi connectivity index (χ0v) is 20.0. The van der Waals surface area contributed by atoms with Gasteiger partial charge in [-0.25, -0.2) is 0 Å². The standard InChI is InChI=1S/C26H38O6/c1-6-24(32-20(29)21(2,3)4)13-14-26(31)22(24,5)10-9-19-23(16-27)11-8-18(28)15-17(23)7-12-25(19,26)30/h7,12,15,19,27,30-31H,6,8-11,13-14,16H2,1-5H3/t19-,22-,23-,24-,25+,26+/m1/s1. The second kappa shape index (κ2) is 7.00. The predicted octanol–water partition coefficient (Wildman–Crippen LogP) is 3.23. The summed E-state index contributed by atoms with van der Waals surface area (Å²) in [7, 11) is 0. The van der Waals surface area contributed by atoms with E-state index in [9.17, 15) is 24.9 Å². The number of allylic oxidation sites excluding steroid dienone is 2. The Balaban J connectivity index is 1.82. The van der Waals surface area contributed by atoms with Crippen LogP contribution < -0.4 is 0 Å². The highest BCUT2D eigenvalue weighted by atomic mass is 16.6. The zero-order valence-electron chi connectivity index (χ0n) is 20.0. The van der Waals surface area contributed by atoms with Gasteiger partial charge in [0.25, 0.3) is 0 Å². The van der Waals surface area contributed by atoms with E-state index < -0.39 is 39.0 Å². The average Bonchev–Trinajstić information content (AvgIpc) is 2.96. The Morgan fingerprint density at radius 1 is 1.19 bits per heavy atom. The molecule has 3 N–H and O–H groups in total. The maximum Gasteiger partial charge on any atom is 0.311 e. The molecule has 0 heterocycles. The van der Waals surface area contributed by atoms with E-state index in [0.717, 1.165) is 5.57 Å². The Labute approximate surface area is 190 Å². The Morgan fingerprint density at radius 2 is 1.88 bits per heavy atom. The highest BCUT2D eigenvalue weighted by Crippen LogP contribution is 2.70. The van der Waals surface area contributed by atoms with Gasteiger partial charge < -0.3 is 20.1 Å². The van der Waals surface area contributed by atoms with Gasteiger partial charge in [-0.3, -0.25) is 9.59 Å². The van der Waals surface area contributed by atoms with Gasteiger partial charge in [-0.1, -0.05) is 19.9 Å². The fourth-order valence-electron chi connectivity index (χ4n) is 7.38. The molecule has 0 aliphatic heterocycles. The Bertz CT molecular complexity index is 898. The average molecular weight is 447 g/mol. The number of ketones is 1. The van der Waals surface area contributed by atoms with Crippen LogP contribution in [-0.4, -0.2) is 50.5 Å².